The van der Waals surface area contributed by atoms with Crippen molar-refractivity contribution in [2.75, 3.05) is 16.8 Å². The van der Waals surface area contributed by atoms with Gasteiger partial charge in [0.15, 0.2) is 5.03 Å². The number of ether oxygens (including phenoxy) is 1. The van der Waals surface area contributed by atoms with Crippen molar-refractivity contribution in [3.63, 3.8) is 0 Å². The molecule has 1 aliphatic rings. The molecule has 0 bridgehead atoms. The van der Waals surface area contributed by atoms with E-state index in [1.807, 2.05) is 23.5 Å². The van der Waals surface area contributed by atoms with Crippen LogP contribution in [0.2, 0.25) is 0 Å². The molecule has 4 rings (SSSR count). The predicted octanol–water partition coefficient (Wildman–Crippen LogP) is 4.86. The highest BCUT2D eigenvalue weighted by molar-refractivity contribution is 7.90. The zero-order chi connectivity index (χ0) is 27.7. The number of amides is 1. The van der Waals surface area contributed by atoms with Gasteiger partial charge < -0.3 is 15.0 Å². The van der Waals surface area contributed by atoms with Gasteiger partial charge in [-0.05, 0) is 62.6 Å². The number of aromatic nitrogens is 2. The third-order valence-corrected chi connectivity index (χ3v) is 7.77. The van der Waals surface area contributed by atoms with E-state index < -0.39 is 33.1 Å². The largest absolute Gasteiger partial charge is 0.573 e. The minimum absolute atomic E-state index is 0.0272. The van der Waals surface area contributed by atoms with E-state index in [-0.39, 0.29) is 22.6 Å². The number of pyridine rings is 2. The van der Waals surface area contributed by atoms with Crippen LogP contribution in [0.1, 0.15) is 37.6 Å². The quantitative estimate of drug-likeness (QED) is 0.430. The molecule has 1 atom stereocenters. The van der Waals surface area contributed by atoms with E-state index in [4.69, 9.17) is 0 Å². The lowest BCUT2D eigenvalue weighted by molar-refractivity contribution is -0.274. The third kappa shape index (κ3) is 5.98. The van der Waals surface area contributed by atoms with Gasteiger partial charge in [0.2, 0.25) is 0 Å². The number of hydrogen-bond donors (Lipinski definition) is 2. The Morgan fingerprint density at radius 3 is 2.55 bits per heavy atom. The summed E-state index contributed by atoms with van der Waals surface area (Å²) in [7, 11) is -4.40. The lowest BCUT2D eigenvalue weighted by Crippen LogP contribution is -2.43. The maximum atomic E-state index is 13.1. The van der Waals surface area contributed by atoms with Crippen LogP contribution in [0, 0.1) is 5.92 Å². The molecule has 0 spiro atoms. The predicted molar refractivity (Wildman–Crippen MR) is 135 cm³/mol. The van der Waals surface area contributed by atoms with E-state index in [0.29, 0.717) is 18.3 Å². The van der Waals surface area contributed by atoms with Gasteiger partial charge >= 0.3 is 6.36 Å². The SMILES string of the molecule is CC1CCN(c2ncccc2C(=O)NS(=O)(=O)c2cccc(Nc3cccc(OC(F)(F)F)c3)n2)C1(C)C. The number of rotatable bonds is 7. The molecule has 1 aromatic carbocycles. The lowest BCUT2D eigenvalue weighted by atomic mass is 9.90. The van der Waals surface area contributed by atoms with E-state index in [2.05, 4.69) is 26.9 Å². The molecule has 1 amide bonds. The molecule has 1 unspecified atom stereocenters. The van der Waals surface area contributed by atoms with Crippen LogP contribution >= 0.6 is 0 Å². The van der Waals surface area contributed by atoms with Crippen LogP contribution in [0.15, 0.2) is 65.8 Å². The monoisotopic (exact) mass is 549 g/mol. The molecule has 1 saturated heterocycles. The molecule has 0 saturated carbocycles. The van der Waals surface area contributed by atoms with Gasteiger partial charge in [0.25, 0.3) is 15.9 Å². The Hall–Kier alpha value is -3.87. The normalized spacial score (nSPS) is 17.2. The van der Waals surface area contributed by atoms with E-state index >= 15 is 0 Å². The minimum Gasteiger partial charge on any atom is -0.406 e. The highest BCUT2D eigenvalue weighted by atomic mass is 32.2. The van der Waals surface area contributed by atoms with Crippen molar-refractivity contribution < 1.29 is 31.1 Å². The highest BCUT2D eigenvalue weighted by Crippen LogP contribution is 2.38. The van der Waals surface area contributed by atoms with Gasteiger partial charge in [0.05, 0.1) is 5.56 Å². The standard InChI is InChI=1S/C25H26F3N5O4S/c1-16-12-14-33(24(16,2)3)22-19(9-6-13-29-22)23(34)32-38(35,36)21-11-5-10-20(31-21)30-17-7-4-8-18(15-17)37-25(26,27)28/h4-11,13,15-16H,12,14H2,1-3H3,(H,30,31)(H,32,34). The van der Waals surface area contributed by atoms with Gasteiger partial charge in [-0.1, -0.05) is 19.1 Å². The van der Waals surface area contributed by atoms with Crippen molar-refractivity contribution >= 4 is 33.3 Å². The van der Waals surface area contributed by atoms with Crippen LogP contribution < -0.4 is 19.7 Å². The summed E-state index contributed by atoms with van der Waals surface area (Å²) in [5.41, 5.74) is 0.000931. The molecule has 38 heavy (non-hydrogen) atoms. The molecule has 1 aliphatic heterocycles. The molecular weight excluding hydrogens is 523 g/mol. The van der Waals surface area contributed by atoms with Crippen LogP contribution in [0.4, 0.5) is 30.5 Å². The average Bonchev–Trinajstić information content (AvgIpc) is 3.10. The summed E-state index contributed by atoms with van der Waals surface area (Å²) in [6.45, 7) is 6.87. The second-order valence-corrected chi connectivity index (χ2v) is 11.0. The highest BCUT2D eigenvalue weighted by Gasteiger charge is 2.40. The fourth-order valence-corrected chi connectivity index (χ4v) is 5.12. The van der Waals surface area contributed by atoms with Gasteiger partial charge in [-0.25, -0.2) is 14.7 Å². The summed E-state index contributed by atoms with van der Waals surface area (Å²) in [6, 6.07) is 12.1. The maximum absolute atomic E-state index is 13.1. The first-order chi connectivity index (χ1) is 17.8. The summed E-state index contributed by atoms with van der Waals surface area (Å²) >= 11 is 0. The summed E-state index contributed by atoms with van der Waals surface area (Å²) < 4.78 is 69.6. The Morgan fingerprint density at radius 2 is 1.87 bits per heavy atom. The van der Waals surface area contributed by atoms with Crippen molar-refractivity contribution in [2.45, 2.75) is 44.1 Å². The fraction of sp³-hybridized carbons (Fsp3) is 0.320. The molecule has 0 radical (unpaired) electrons. The molecule has 1 fully saturated rings. The van der Waals surface area contributed by atoms with Crippen LogP contribution in [0.5, 0.6) is 5.75 Å². The number of carbonyl (C=O) groups excluding carboxylic acids is 1. The molecule has 3 heterocycles. The Bertz CT molecular complexity index is 1450. The molecule has 3 aromatic rings. The lowest BCUT2D eigenvalue weighted by Gasteiger charge is -2.36. The van der Waals surface area contributed by atoms with Crippen molar-refractivity contribution in [1.29, 1.82) is 0 Å². The average molecular weight is 550 g/mol. The fourth-order valence-electron chi connectivity index (χ4n) is 4.18. The van der Waals surface area contributed by atoms with E-state index in [1.165, 1.54) is 36.4 Å². The Balaban J connectivity index is 1.54. The first-order valence-electron chi connectivity index (χ1n) is 11.7. The number of halogens is 3. The molecule has 2 N–H and O–H groups in total. The topological polar surface area (TPSA) is 114 Å². The summed E-state index contributed by atoms with van der Waals surface area (Å²) in [5.74, 6) is -0.565. The van der Waals surface area contributed by atoms with E-state index in [1.54, 1.807) is 12.3 Å². The summed E-state index contributed by atoms with van der Waals surface area (Å²) in [4.78, 5) is 23.5. The minimum atomic E-state index is -4.86. The third-order valence-electron chi connectivity index (χ3n) is 6.54. The van der Waals surface area contributed by atoms with Crippen LogP contribution in [0.25, 0.3) is 0 Å². The van der Waals surface area contributed by atoms with Gasteiger partial charge in [-0.3, -0.25) is 4.79 Å². The number of anilines is 3. The van der Waals surface area contributed by atoms with Gasteiger partial charge in [-0.15, -0.1) is 13.2 Å². The van der Waals surface area contributed by atoms with Crippen molar-refractivity contribution in [3.05, 3.63) is 66.4 Å². The van der Waals surface area contributed by atoms with Crippen LogP contribution in [-0.2, 0) is 10.0 Å². The Morgan fingerprint density at radius 1 is 1.13 bits per heavy atom. The maximum Gasteiger partial charge on any atom is 0.573 e. The van der Waals surface area contributed by atoms with Crippen molar-refractivity contribution in [2.24, 2.45) is 5.92 Å². The number of sulfonamides is 1. The second-order valence-electron chi connectivity index (χ2n) is 9.37. The van der Waals surface area contributed by atoms with Gasteiger partial charge in [0.1, 0.15) is 17.4 Å². The molecular formula is C25H26F3N5O4S. The number of hydrogen-bond acceptors (Lipinski definition) is 8. The summed E-state index contributed by atoms with van der Waals surface area (Å²) in [6.07, 6.45) is -2.41. The number of carbonyl (C=O) groups is 1. The van der Waals surface area contributed by atoms with Crippen molar-refractivity contribution in [1.82, 2.24) is 14.7 Å². The van der Waals surface area contributed by atoms with Gasteiger partial charge in [-0.2, -0.15) is 8.42 Å². The first-order valence-corrected chi connectivity index (χ1v) is 13.1. The second kappa shape index (κ2) is 10.1. The number of nitrogens with zero attached hydrogens (tertiary/aromatic N) is 3. The zero-order valence-corrected chi connectivity index (χ0v) is 21.6. The molecule has 9 nitrogen and oxygen atoms in total. The van der Waals surface area contributed by atoms with E-state index in [9.17, 15) is 26.4 Å². The molecule has 13 heteroatoms. The Labute approximate surface area is 218 Å². The number of benzene rings is 1. The van der Waals surface area contributed by atoms with Gasteiger partial charge in [0, 0.05) is 30.0 Å². The molecule has 0 aliphatic carbocycles. The number of nitrogens with one attached hydrogen (secondary N) is 2. The molecule has 202 valence electrons. The van der Waals surface area contributed by atoms with Crippen LogP contribution in [-0.4, -0.2) is 42.7 Å². The Kier molecular flexibility index (Phi) is 7.24. The van der Waals surface area contributed by atoms with Crippen LogP contribution in [0.3, 0.4) is 0 Å². The smallest absolute Gasteiger partial charge is 0.406 e. The molecule has 2 aromatic heterocycles. The van der Waals surface area contributed by atoms with E-state index in [0.717, 1.165) is 18.6 Å². The zero-order valence-electron chi connectivity index (χ0n) is 20.8. The first kappa shape index (κ1) is 27.2. The number of alkyl halides is 3. The summed E-state index contributed by atoms with van der Waals surface area (Å²) in [5, 5.41) is 2.28. The van der Waals surface area contributed by atoms with Crippen molar-refractivity contribution in [3.8, 4) is 5.75 Å².